The highest BCUT2D eigenvalue weighted by atomic mass is 32.2. The second kappa shape index (κ2) is 6.45. The fourth-order valence-electron chi connectivity index (χ4n) is 2.09. The Morgan fingerprint density at radius 3 is 3.05 bits per heavy atom. The average molecular weight is 298 g/mol. The van der Waals surface area contributed by atoms with E-state index in [1.807, 2.05) is 0 Å². The number of nitrogens with zero attached hydrogens (tertiary/aromatic N) is 1. The summed E-state index contributed by atoms with van der Waals surface area (Å²) in [7, 11) is 0. The van der Waals surface area contributed by atoms with Crippen LogP contribution < -0.4 is 5.32 Å². The zero-order valence-corrected chi connectivity index (χ0v) is 12.7. The molecule has 0 saturated carbocycles. The maximum Gasteiger partial charge on any atom is 0.216 e. The van der Waals surface area contributed by atoms with Crippen molar-refractivity contribution in [3.8, 4) is 0 Å². The van der Waals surface area contributed by atoms with Gasteiger partial charge in [-0.05, 0) is 18.4 Å². The van der Waals surface area contributed by atoms with Crippen molar-refractivity contribution in [2.45, 2.75) is 25.4 Å². The lowest BCUT2D eigenvalue weighted by molar-refractivity contribution is -0.118. The van der Waals surface area contributed by atoms with E-state index in [2.05, 4.69) is 28.3 Å². The number of aromatic nitrogens is 1. The number of amides is 1. The minimum Gasteiger partial charge on any atom is -0.396 e. The molecule has 19 heavy (non-hydrogen) atoms. The van der Waals surface area contributed by atoms with Gasteiger partial charge in [0, 0.05) is 36.8 Å². The summed E-state index contributed by atoms with van der Waals surface area (Å²) in [4.78, 5) is 10.9. The molecule has 104 valence electrons. The number of aryl methyl sites for hydroxylation is 1. The molecule has 0 radical (unpaired) electrons. The van der Waals surface area contributed by atoms with E-state index in [9.17, 15) is 4.79 Å². The fraction of sp³-hybridized carbons (Fsp3) is 0.462. The van der Waals surface area contributed by atoms with Crippen molar-refractivity contribution < 1.29 is 9.90 Å². The van der Waals surface area contributed by atoms with Gasteiger partial charge in [-0.15, -0.1) is 23.1 Å². The number of hydrogen-bond donors (Lipinski definition) is 2. The molecule has 4 nitrogen and oxygen atoms in total. The second-order valence-electron chi connectivity index (χ2n) is 4.26. The van der Waals surface area contributed by atoms with Gasteiger partial charge in [0.1, 0.15) is 0 Å². The smallest absolute Gasteiger partial charge is 0.216 e. The molecule has 0 bridgehead atoms. The van der Waals surface area contributed by atoms with Crippen molar-refractivity contribution in [1.29, 1.82) is 0 Å². The van der Waals surface area contributed by atoms with Crippen LogP contribution in [0.25, 0.3) is 10.1 Å². The van der Waals surface area contributed by atoms with Crippen LogP contribution in [0, 0.1) is 6.92 Å². The number of thiophene rings is 1. The molecule has 0 fully saturated rings. The molecule has 2 aromatic heterocycles. The van der Waals surface area contributed by atoms with E-state index < -0.39 is 0 Å². The number of thioether (sulfide) groups is 1. The molecule has 2 aromatic rings. The maximum absolute atomic E-state index is 10.9. The van der Waals surface area contributed by atoms with E-state index in [0.29, 0.717) is 12.3 Å². The van der Waals surface area contributed by atoms with E-state index in [0.717, 1.165) is 6.54 Å². The van der Waals surface area contributed by atoms with E-state index in [4.69, 9.17) is 5.11 Å². The van der Waals surface area contributed by atoms with Gasteiger partial charge in [0.2, 0.25) is 5.91 Å². The molecule has 0 saturated heterocycles. The quantitative estimate of drug-likeness (QED) is 0.804. The third-order valence-corrected chi connectivity index (χ3v) is 5.04. The lowest BCUT2D eigenvalue weighted by Crippen LogP contribution is -2.25. The maximum atomic E-state index is 10.9. The lowest BCUT2D eigenvalue weighted by Gasteiger charge is -2.11. The SMILES string of the molecule is CC(=O)NCCn1c(SCCO)c2ccsc2c1C. The Morgan fingerprint density at radius 2 is 2.37 bits per heavy atom. The first-order valence-corrected chi connectivity index (χ1v) is 8.06. The zero-order chi connectivity index (χ0) is 13.8. The molecule has 6 heteroatoms. The van der Waals surface area contributed by atoms with Gasteiger partial charge >= 0.3 is 0 Å². The van der Waals surface area contributed by atoms with Gasteiger partial charge in [0.25, 0.3) is 0 Å². The molecule has 0 aliphatic rings. The summed E-state index contributed by atoms with van der Waals surface area (Å²) in [6, 6.07) is 2.13. The number of carbonyl (C=O) groups excluding carboxylic acids is 1. The van der Waals surface area contributed by atoms with Gasteiger partial charge < -0.3 is 15.0 Å². The van der Waals surface area contributed by atoms with Crippen molar-refractivity contribution in [3.63, 3.8) is 0 Å². The zero-order valence-electron chi connectivity index (χ0n) is 11.1. The molecular formula is C13H18N2O2S2. The third kappa shape index (κ3) is 3.13. The number of fused-ring (bicyclic) bond motifs is 1. The average Bonchev–Trinajstić information content (AvgIpc) is 2.92. The summed E-state index contributed by atoms with van der Waals surface area (Å²) >= 11 is 3.41. The van der Waals surface area contributed by atoms with Gasteiger partial charge in [0.05, 0.1) is 16.3 Å². The van der Waals surface area contributed by atoms with Gasteiger partial charge in [-0.3, -0.25) is 4.79 Å². The first kappa shape index (κ1) is 14.4. The molecule has 1 amide bonds. The first-order valence-electron chi connectivity index (χ1n) is 6.19. The number of aliphatic hydroxyl groups is 1. The van der Waals surface area contributed by atoms with E-state index in [-0.39, 0.29) is 12.5 Å². The molecule has 0 atom stereocenters. The fourth-order valence-corrected chi connectivity index (χ4v) is 4.06. The summed E-state index contributed by atoms with van der Waals surface area (Å²) in [6.07, 6.45) is 0. The van der Waals surface area contributed by atoms with Crippen molar-refractivity contribution in [2.75, 3.05) is 18.9 Å². The highest BCUT2D eigenvalue weighted by molar-refractivity contribution is 7.99. The Bertz CT molecular complexity index is 574. The van der Waals surface area contributed by atoms with Crippen LogP contribution in [-0.2, 0) is 11.3 Å². The number of hydrogen-bond acceptors (Lipinski definition) is 4. The van der Waals surface area contributed by atoms with Crippen LogP contribution in [0.5, 0.6) is 0 Å². The molecule has 0 aliphatic carbocycles. The Kier molecular flexibility index (Phi) is 4.90. The molecule has 2 N–H and O–H groups in total. The minimum atomic E-state index is -0.00353. The number of aliphatic hydroxyl groups excluding tert-OH is 1. The Morgan fingerprint density at radius 1 is 1.58 bits per heavy atom. The van der Waals surface area contributed by atoms with Crippen LogP contribution in [0.15, 0.2) is 16.5 Å². The summed E-state index contributed by atoms with van der Waals surface area (Å²) in [6.45, 7) is 5.20. The Balaban J connectivity index is 2.25. The normalized spacial score (nSPS) is 11.1. The van der Waals surface area contributed by atoms with Crippen LogP contribution in [0.1, 0.15) is 12.6 Å². The van der Waals surface area contributed by atoms with Crippen LogP contribution in [0.3, 0.4) is 0 Å². The Hall–Kier alpha value is -0.980. The van der Waals surface area contributed by atoms with Gasteiger partial charge in [-0.1, -0.05) is 0 Å². The van der Waals surface area contributed by atoms with Gasteiger partial charge in [0.15, 0.2) is 0 Å². The lowest BCUT2D eigenvalue weighted by atomic mass is 10.4. The molecule has 0 aliphatic heterocycles. The number of rotatable bonds is 6. The first-order chi connectivity index (χ1) is 9.15. The highest BCUT2D eigenvalue weighted by Gasteiger charge is 2.15. The largest absolute Gasteiger partial charge is 0.396 e. The molecule has 0 unspecified atom stereocenters. The second-order valence-corrected chi connectivity index (χ2v) is 6.26. The van der Waals surface area contributed by atoms with E-state index >= 15 is 0 Å². The minimum absolute atomic E-state index is 0.00353. The predicted molar refractivity (Wildman–Crippen MR) is 81.0 cm³/mol. The number of carbonyl (C=O) groups is 1. The van der Waals surface area contributed by atoms with Gasteiger partial charge in [-0.2, -0.15) is 0 Å². The van der Waals surface area contributed by atoms with Crippen LogP contribution in [-0.4, -0.2) is 34.5 Å². The molecule has 2 rings (SSSR count). The van der Waals surface area contributed by atoms with Crippen molar-refractivity contribution >= 4 is 39.1 Å². The van der Waals surface area contributed by atoms with Crippen molar-refractivity contribution in [3.05, 3.63) is 17.1 Å². The topological polar surface area (TPSA) is 54.3 Å². The molecular weight excluding hydrogens is 280 g/mol. The van der Waals surface area contributed by atoms with Gasteiger partial charge in [-0.25, -0.2) is 0 Å². The summed E-state index contributed by atoms with van der Waals surface area (Å²) in [5.41, 5.74) is 1.23. The Labute approximate surface area is 120 Å². The summed E-state index contributed by atoms with van der Waals surface area (Å²) < 4.78 is 3.53. The summed E-state index contributed by atoms with van der Waals surface area (Å²) in [5, 5.41) is 16.4. The third-order valence-electron chi connectivity index (χ3n) is 2.91. The van der Waals surface area contributed by atoms with Crippen molar-refractivity contribution in [1.82, 2.24) is 9.88 Å². The van der Waals surface area contributed by atoms with Crippen LogP contribution >= 0.6 is 23.1 Å². The summed E-state index contributed by atoms with van der Waals surface area (Å²) in [5.74, 6) is 0.685. The highest BCUT2D eigenvalue weighted by Crippen LogP contribution is 2.36. The molecule has 0 aromatic carbocycles. The molecule has 0 spiro atoms. The van der Waals surface area contributed by atoms with Crippen LogP contribution in [0.2, 0.25) is 0 Å². The standard InChI is InChI=1S/C13H18N2O2S2/c1-9-12-11(3-7-18-12)13(19-8-6-16)15(9)5-4-14-10(2)17/h3,7,16H,4-6,8H2,1-2H3,(H,14,17). The van der Waals surface area contributed by atoms with E-state index in [1.54, 1.807) is 23.1 Å². The monoisotopic (exact) mass is 298 g/mol. The van der Waals surface area contributed by atoms with Crippen LogP contribution in [0.4, 0.5) is 0 Å². The van der Waals surface area contributed by atoms with Crippen molar-refractivity contribution in [2.24, 2.45) is 0 Å². The number of nitrogens with one attached hydrogen (secondary N) is 1. The molecule has 2 heterocycles. The van der Waals surface area contributed by atoms with E-state index in [1.165, 1.54) is 27.7 Å². The predicted octanol–water partition coefficient (Wildman–Crippen LogP) is 2.23.